The van der Waals surface area contributed by atoms with Gasteiger partial charge in [-0.15, -0.1) is 17.8 Å². The lowest BCUT2D eigenvalue weighted by molar-refractivity contribution is -0.135. The van der Waals surface area contributed by atoms with Gasteiger partial charge in [0.1, 0.15) is 32.9 Å². The molecular weight excluding hydrogens is 879 g/mol. The zero-order chi connectivity index (χ0) is 44.6. The number of carbonyl (C=O) groups excluding carboxylic acids is 2. The second-order valence-corrected chi connectivity index (χ2v) is 17.9. The quantitative estimate of drug-likeness (QED) is 0.0828. The lowest BCUT2D eigenvalue weighted by Crippen LogP contribution is -2.39. The molecule has 0 saturated carbocycles. The second kappa shape index (κ2) is 19.5. The van der Waals surface area contributed by atoms with E-state index in [-0.39, 0.29) is 47.9 Å². The summed E-state index contributed by atoms with van der Waals surface area (Å²) >= 11 is 1.96. The van der Waals surface area contributed by atoms with Crippen LogP contribution in [0.3, 0.4) is 0 Å². The summed E-state index contributed by atoms with van der Waals surface area (Å²) in [6.07, 6.45) is 5.62. The zero-order valence-electron chi connectivity index (χ0n) is 31.8. The number of methoxy groups -OCH3 is 1. The third-order valence-electron chi connectivity index (χ3n) is 7.50. The van der Waals surface area contributed by atoms with Crippen LogP contribution >= 0.6 is 30.5 Å². The van der Waals surface area contributed by atoms with Crippen LogP contribution in [-0.4, -0.2) is 109 Å². The molecule has 0 spiro atoms. The zero-order valence-corrected chi connectivity index (χ0v) is 35.1. The van der Waals surface area contributed by atoms with Gasteiger partial charge in [-0.05, 0) is 29.9 Å². The fourth-order valence-corrected chi connectivity index (χ4v) is 8.46. The molecule has 0 fully saturated rings. The predicted octanol–water partition coefficient (Wildman–Crippen LogP) is 1.51. The number of fused-ring (bicyclic) bond motifs is 2. The Morgan fingerprint density at radius 1 is 1.20 bits per heavy atom. The van der Waals surface area contributed by atoms with Crippen molar-refractivity contribution in [3.05, 3.63) is 50.7 Å². The topological polar surface area (TPSA) is 327 Å². The lowest BCUT2D eigenvalue weighted by Gasteiger charge is -2.28. The number of halogens is 1. The van der Waals surface area contributed by atoms with Gasteiger partial charge in [0, 0.05) is 30.6 Å². The number of aliphatic carboxylic acids is 1. The molecule has 2 aliphatic heterocycles. The van der Waals surface area contributed by atoms with Crippen molar-refractivity contribution in [1.29, 1.82) is 0 Å². The number of aryl methyl sites for hydroxylation is 1. The van der Waals surface area contributed by atoms with Crippen molar-refractivity contribution < 1.29 is 66.0 Å². The van der Waals surface area contributed by atoms with Gasteiger partial charge in [-0.2, -0.15) is 19.3 Å². The molecule has 3 amide bonds. The van der Waals surface area contributed by atoms with Crippen LogP contribution in [0.1, 0.15) is 35.2 Å². The Kier molecular flexibility index (Phi) is 15.2. The Hall–Kier alpha value is -5.88. The third-order valence-corrected chi connectivity index (χ3v) is 11.3. The maximum Gasteiger partial charge on any atom is 0.347 e. The van der Waals surface area contributed by atoms with Crippen LogP contribution in [0.4, 0.5) is 26.5 Å². The van der Waals surface area contributed by atoms with Gasteiger partial charge in [0.2, 0.25) is 10.7 Å². The summed E-state index contributed by atoms with van der Waals surface area (Å²) in [5, 5.41) is 22.4. The molecule has 3 aromatic heterocycles. The minimum absolute atomic E-state index is 0.0633. The predicted molar refractivity (Wildman–Crippen MR) is 210 cm³/mol. The number of sulfonamides is 1. The van der Waals surface area contributed by atoms with Crippen LogP contribution in [0.25, 0.3) is 0 Å². The van der Waals surface area contributed by atoms with Gasteiger partial charge in [-0.3, -0.25) is 29.7 Å². The molecule has 23 nitrogen and oxygen atoms in total. The number of terminal acetylenes is 1. The first-order valence-electron chi connectivity index (χ1n) is 16.7. The lowest BCUT2D eigenvalue weighted by atomic mass is 9.92. The van der Waals surface area contributed by atoms with Crippen molar-refractivity contribution in [3.8, 4) is 24.1 Å². The minimum atomic E-state index is -4.37. The van der Waals surface area contributed by atoms with Crippen molar-refractivity contribution in [2.24, 2.45) is 10.4 Å². The fraction of sp³-hybridized carbons (Fsp3) is 0.344. The van der Waals surface area contributed by atoms with Crippen LogP contribution in [0.2, 0.25) is 0 Å². The monoisotopic (exact) mass is 914 g/mol. The molecule has 0 radical (unpaired) electrons. The van der Waals surface area contributed by atoms with Gasteiger partial charge < -0.3 is 34.0 Å². The Balaban J connectivity index is 0.000000218. The number of nitrogens with one attached hydrogen (secondary N) is 3. The molecule has 7 N–H and O–H groups in total. The molecule has 322 valence electrons. The third kappa shape index (κ3) is 12.8. The summed E-state index contributed by atoms with van der Waals surface area (Å²) in [6, 6.07) is 2.61. The van der Waals surface area contributed by atoms with Crippen LogP contribution < -0.4 is 34.5 Å². The van der Waals surface area contributed by atoms with Crippen molar-refractivity contribution in [2.45, 2.75) is 38.6 Å². The average molecular weight is 915 g/mol. The van der Waals surface area contributed by atoms with E-state index in [0.29, 0.717) is 16.2 Å². The van der Waals surface area contributed by atoms with Crippen LogP contribution in [-0.2, 0) is 37.1 Å². The number of carboxylic acid groups (broad SMARTS) is 2. The summed E-state index contributed by atoms with van der Waals surface area (Å²) in [4.78, 5) is 77.9. The summed E-state index contributed by atoms with van der Waals surface area (Å²) in [7, 11) is -7.16. The van der Waals surface area contributed by atoms with E-state index in [1.165, 1.54) is 48.0 Å². The Morgan fingerprint density at radius 2 is 1.92 bits per heavy atom. The Bertz CT molecular complexity index is 2570. The van der Waals surface area contributed by atoms with Gasteiger partial charge in [0.05, 0.1) is 32.2 Å². The largest absolute Gasteiger partial charge is 0.481 e. The summed E-state index contributed by atoms with van der Waals surface area (Å²) in [5.41, 5.74) is 0.678. The van der Waals surface area contributed by atoms with Crippen molar-refractivity contribution in [1.82, 2.24) is 33.9 Å². The first-order chi connectivity index (χ1) is 28.0. The summed E-state index contributed by atoms with van der Waals surface area (Å²) < 4.78 is 67.1. The van der Waals surface area contributed by atoms with Gasteiger partial charge >= 0.3 is 31.6 Å². The number of aromatic nitrogens is 5. The number of carboxylic acids is 2. The number of rotatable bonds is 11. The molecule has 0 atom stereocenters. The first kappa shape index (κ1) is 46.8. The molecular formula is C32H36FN10O13PS3. The highest BCUT2D eigenvalue weighted by Crippen LogP contribution is 2.38. The smallest absolute Gasteiger partial charge is 0.347 e. The minimum Gasteiger partial charge on any atom is -0.481 e. The van der Waals surface area contributed by atoms with E-state index in [1.54, 1.807) is 4.72 Å². The van der Waals surface area contributed by atoms with E-state index in [9.17, 15) is 36.6 Å². The maximum absolute atomic E-state index is 14.5. The Labute approximate surface area is 347 Å². The standard InChI is InChI=1S/C18H17FN4O2S.C11H11N5O6S2.C3H8NO5P/c1-4-5-22-13-7-12(11(19)6-14(13)25-9-16(22)24)20-17-23-10-18(2,3)8-15(23)21-26-17;1-5-12-9(15-11(13-5)22-2)14-10(19)16-24(20,21)6-3-4-23-7(6)8(17)18;5-3(6)1-4-2-10(7,8)9/h1,6-7H,5,8-10H2,2-3H3;3-4H,1-2H3,(H,17,18)(H2,12,13,14,15,16,19);4H,1-2H2,(H,5,6)(H2,7,8,9). The number of thiophene rings is 1. The number of aromatic carboxylic acids is 1. The number of benzene rings is 1. The maximum atomic E-state index is 14.5. The highest BCUT2D eigenvalue weighted by molar-refractivity contribution is 7.90. The van der Waals surface area contributed by atoms with Crippen LogP contribution in [0.5, 0.6) is 11.8 Å². The number of amides is 3. The molecule has 0 aliphatic carbocycles. The van der Waals surface area contributed by atoms with Gasteiger partial charge in [-0.25, -0.2) is 32.1 Å². The van der Waals surface area contributed by atoms with Crippen LogP contribution in [0, 0.1) is 30.5 Å². The Morgan fingerprint density at radius 3 is 2.55 bits per heavy atom. The van der Waals surface area contributed by atoms with Gasteiger partial charge in [0.15, 0.2) is 12.4 Å². The number of ether oxygens (including phenoxy) is 2. The van der Waals surface area contributed by atoms with E-state index < -0.39 is 64.0 Å². The highest BCUT2D eigenvalue weighted by Gasteiger charge is 2.31. The van der Waals surface area contributed by atoms with E-state index in [4.69, 9.17) is 35.9 Å². The average Bonchev–Trinajstić information content (AvgIpc) is 3.85. The van der Waals surface area contributed by atoms with E-state index >= 15 is 0 Å². The van der Waals surface area contributed by atoms with Crippen molar-refractivity contribution >= 4 is 81.7 Å². The molecule has 0 saturated heterocycles. The number of nitrogens with zero attached hydrogens (tertiary/aromatic N) is 7. The molecule has 2 aliphatic rings. The molecule has 0 unspecified atom stereocenters. The normalized spacial score (nSPS) is 14.2. The molecule has 4 aromatic rings. The van der Waals surface area contributed by atoms with Crippen molar-refractivity contribution in [2.75, 3.05) is 43.3 Å². The molecule has 28 heteroatoms. The van der Waals surface area contributed by atoms with E-state index in [0.717, 1.165) is 36.2 Å². The first-order valence-corrected chi connectivity index (χ1v) is 21.6. The van der Waals surface area contributed by atoms with E-state index in [2.05, 4.69) is 54.7 Å². The molecule has 0 bridgehead atoms. The fourth-order valence-electron chi connectivity index (χ4n) is 5.13. The van der Waals surface area contributed by atoms with Crippen molar-refractivity contribution in [3.63, 3.8) is 0 Å². The number of carbonyl (C=O) groups is 4. The molecule has 6 rings (SSSR count). The van der Waals surface area contributed by atoms with Crippen LogP contribution in [0.15, 0.2) is 33.5 Å². The highest BCUT2D eigenvalue weighted by atomic mass is 32.2. The van der Waals surface area contributed by atoms with E-state index in [1.807, 2.05) is 4.57 Å². The SMILES string of the molecule is C#CCN1C(=O)COc2cc(F)c(N=c3snc4n3CC(C)(C)C4)cc21.COc1nc(C)nc(NC(=O)NS(=O)(=O)c2ccsc2C(=O)O)n1.O=C(O)CNCP(=O)(O)O. The molecule has 5 heterocycles. The second-order valence-electron chi connectivity index (χ2n) is 13.0. The summed E-state index contributed by atoms with van der Waals surface area (Å²) in [5.74, 6) is 0.379. The van der Waals surface area contributed by atoms with Gasteiger partial charge in [0.25, 0.3) is 15.9 Å². The number of hydrogen-bond acceptors (Lipinski definition) is 17. The van der Waals surface area contributed by atoms with Gasteiger partial charge in [-0.1, -0.05) is 19.8 Å². The summed E-state index contributed by atoms with van der Waals surface area (Å²) in [6.45, 7) is 6.14. The number of hydrogen-bond donors (Lipinski definition) is 7. The molecule has 60 heavy (non-hydrogen) atoms. The number of anilines is 2. The molecule has 1 aromatic carbocycles. The number of urea groups is 1.